The molecule has 0 unspecified atom stereocenters. The summed E-state index contributed by atoms with van der Waals surface area (Å²) in [6.07, 6.45) is 5.39. The zero-order valence-corrected chi connectivity index (χ0v) is 12.0. The molecule has 0 N–H and O–H groups in total. The van der Waals surface area contributed by atoms with Gasteiger partial charge in [0, 0.05) is 12.6 Å². The third-order valence-electron chi connectivity index (χ3n) is 3.84. The highest BCUT2D eigenvalue weighted by Crippen LogP contribution is 2.34. The fourth-order valence-corrected chi connectivity index (χ4v) is 2.79. The van der Waals surface area contributed by atoms with E-state index in [-0.39, 0.29) is 0 Å². The molecule has 1 aromatic heterocycles. The highest BCUT2D eigenvalue weighted by Gasteiger charge is 2.20. The van der Waals surface area contributed by atoms with Crippen molar-refractivity contribution in [3.63, 3.8) is 0 Å². The van der Waals surface area contributed by atoms with Crippen LogP contribution in [0, 0.1) is 5.92 Å². The van der Waals surface area contributed by atoms with Gasteiger partial charge in [0.1, 0.15) is 11.6 Å². The fraction of sp³-hybridized carbons (Fsp3) is 0.533. The first-order valence-corrected chi connectivity index (χ1v) is 7.44. The first kappa shape index (κ1) is 12.8. The van der Waals surface area contributed by atoms with Crippen LogP contribution in [-0.2, 0) is 12.4 Å². The van der Waals surface area contributed by atoms with E-state index < -0.39 is 0 Å². The Kier molecular flexibility index (Phi) is 3.65. The largest absolute Gasteiger partial charge is 0.497 e. The number of alkyl halides is 1. The second-order valence-corrected chi connectivity index (χ2v) is 5.52. The molecule has 1 aromatic carbocycles. The van der Waals surface area contributed by atoms with Crippen molar-refractivity contribution in [3.05, 3.63) is 24.0 Å². The summed E-state index contributed by atoms with van der Waals surface area (Å²) >= 11 is 6.02. The number of ether oxygens (including phenoxy) is 1. The fourth-order valence-electron chi connectivity index (χ4n) is 2.58. The van der Waals surface area contributed by atoms with Crippen molar-refractivity contribution in [2.24, 2.45) is 5.92 Å². The molecule has 1 aliphatic carbocycles. The molecule has 1 fully saturated rings. The van der Waals surface area contributed by atoms with Crippen molar-refractivity contribution < 1.29 is 4.74 Å². The number of methoxy groups -OCH3 is 1. The average molecular weight is 279 g/mol. The number of aromatic nitrogens is 2. The van der Waals surface area contributed by atoms with Crippen LogP contribution in [0.3, 0.4) is 0 Å². The minimum absolute atomic E-state index is 0.459. The number of imidazole rings is 1. The molecule has 1 saturated carbocycles. The van der Waals surface area contributed by atoms with Crippen molar-refractivity contribution in [1.82, 2.24) is 9.55 Å². The first-order valence-electron chi connectivity index (χ1n) is 6.91. The lowest BCUT2D eigenvalue weighted by atomic mass is 10.2. The summed E-state index contributed by atoms with van der Waals surface area (Å²) in [5, 5.41) is 0. The Labute approximate surface area is 118 Å². The van der Waals surface area contributed by atoms with Crippen LogP contribution in [0.5, 0.6) is 5.75 Å². The predicted molar refractivity (Wildman–Crippen MR) is 77.8 cm³/mol. The number of hydrogen-bond donors (Lipinski definition) is 0. The second kappa shape index (κ2) is 5.41. The molecular weight excluding hydrogens is 260 g/mol. The van der Waals surface area contributed by atoms with Crippen molar-refractivity contribution in [3.8, 4) is 5.75 Å². The number of halogens is 1. The molecule has 3 nitrogen and oxygen atoms in total. The van der Waals surface area contributed by atoms with Gasteiger partial charge in [-0.05, 0) is 30.9 Å². The van der Waals surface area contributed by atoms with Gasteiger partial charge in [0.05, 0.1) is 24.0 Å². The maximum Gasteiger partial charge on any atom is 0.124 e. The van der Waals surface area contributed by atoms with Crippen LogP contribution >= 0.6 is 11.6 Å². The molecule has 3 rings (SSSR count). The van der Waals surface area contributed by atoms with E-state index in [1.54, 1.807) is 7.11 Å². The minimum Gasteiger partial charge on any atom is -0.497 e. The molecule has 19 heavy (non-hydrogen) atoms. The standard InChI is InChI=1S/C15H19ClN2O/c1-19-12-6-7-14-13(9-12)17-15(10-16)18(14)8-2-3-11-4-5-11/h6-7,9,11H,2-5,8,10H2,1H3. The van der Waals surface area contributed by atoms with Gasteiger partial charge in [0.15, 0.2) is 0 Å². The molecule has 102 valence electrons. The van der Waals surface area contributed by atoms with Crippen molar-refractivity contribution in [2.75, 3.05) is 7.11 Å². The second-order valence-electron chi connectivity index (χ2n) is 5.25. The van der Waals surface area contributed by atoms with E-state index in [2.05, 4.69) is 15.6 Å². The third kappa shape index (κ3) is 2.71. The molecule has 0 saturated heterocycles. The first-order chi connectivity index (χ1) is 9.31. The lowest BCUT2D eigenvalue weighted by Gasteiger charge is -2.07. The van der Waals surface area contributed by atoms with Crippen LogP contribution in [-0.4, -0.2) is 16.7 Å². The van der Waals surface area contributed by atoms with E-state index in [0.717, 1.165) is 35.1 Å². The molecular formula is C15H19ClN2O. The van der Waals surface area contributed by atoms with Gasteiger partial charge in [-0.3, -0.25) is 0 Å². The molecule has 0 aliphatic heterocycles. The minimum atomic E-state index is 0.459. The van der Waals surface area contributed by atoms with Gasteiger partial charge < -0.3 is 9.30 Å². The van der Waals surface area contributed by atoms with E-state index in [4.69, 9.17) is 16.3 Å². The Morgan fingerprint density at radius 2 is 2.26 bits per heavy atom. The highest BCUT2D eigenvalue weighted by atomic mass is 35.5. The summed E-state index contributed by atoms with van der Waals surface area (Å²) in [5.41, 5.74) is 2.13. The van der Waals surface area contributed by atoms with E-state index in [9.17, 15) is 0 Å². The van der Waals surface area contributed by atoms with Crippen LogP contribution in [0.4, 0.5) is 0 Å². The number of benzene rings is 1. The summed E-state index contributed by atoms with van der Waals surface area (Å²) in [6, 6.07) is 6.04. The third-order valence-corrected chi connectivity index (χ3v) is 4.08. The molecule has 0 amide bonds. The van der Waals surface area contributed by atoms with Crippen LogP contribution in [0.25, 0.3) is 11.0 Å². The molecule has 0 radical (unpaired) electrons. The Balaban J connectivity index is 1.86. The number of fused-ring (bicyclic) bond motifs is 1. The van der Waals surface area contributed by atoms with E-state index in [1.165, 1.54) is 25.7 Å². The van der Waals surface area contributed by atoms with Gasteiger partial charge in [-0.15, -0.1) is 11.6 Å². The summed E-state index contributed by atoms with van der Waals surface area (Å²) in [5.74, 6) is 3.24. The smallest absolute Gasteiger partial charge is 0.124 e. The molecule has 0 atom stereocenters. The van der Waals surface area contributed by atoms with Crippen molar-refractivity contribution >= 4 is 22.6 Å². The van der Waals surface area contributed by atoms with Crippen LogP contribution in [0.1, 0.15) is 31.5 Å². The highest BCUT2D eigenvalue weighted by molar-refractivity contribution is 6.16. The molecule has 2 aromatic rings. The molecule has 1 aliphatic rings. The molecule has 4 heteroatoms. The van der Waals surface area contributed by atoms with E-state index >= 15 is 0 Å². The van der Waals surface area contributed by atoms with Gasteiger partial charge in [0.2, 0.25) is 0 Å². The van der Waals surface area contributed by atoms with Crippen molar-refractivity contribution in [1.29, 1.82) is 0 Å². The summed E-state index contributed by atoms with van der Waals surface area (Å²) in [7, 11) is 1.68. The van der Waals surface area contributed by atoms with Crippen LogP contribution < -0.4 is 4.74 Å². The van der Waals surface area contributed by atoms with Crippen LogP contribution in [0.2, 0.25) is 0 Å². The maximum absolute atomic E-state index is 6.02. The van der Waals surface area contributed by atoms with E-state index in [0.29, 0.717) is 5.88 Å². The monoisotopic (exact) mass is 278 g/mol. The summed E-state index contributed by atoms with van der Waals surface area (Å²) in [4.78, 5) is 4.60. The van der Waals surface area contributed by atoms with Gasteiger partial charge in [-0.25, -0.2) is 4.98 Å². The Bertz CT molecular complexity index is 575. The quantitative estimate of drug-likeness (QED) is 0.748. The summed E-state index contributed by atoms with van der Waals surface area (Å²) in [6.45, 7) is 1.02. The number of rotatable bonds is 6. The number of hydrogen-bond acceptors (Lipinski definition) is 2. The van der Waals surface area contributed by atoms with Crippen LogP contribution in [0.15, 0.2) is 18.2 Å². The number of nitrogens with zero attached hydrogens (tertiary/aromatic N) is 2. The van der Waals surface area contributed by atoms with Crippen molar-refractivity contribution in [2.45, 2.75) is 38.1 Å². The molecule has 0 bridgehead atoms. The van der Waals surface area contributed by atoms with Gasteiger partial charge >= 0.3 is 0 Å². The van der Waals surface area contributed by atoms with Gasteiger partial charge in [-0.1, -0.05) is 12.8 Å². The Morgan fingerprint density at radius 1 is 1.42 bits per heavy atom. The zero-order chi connectivity index (χ0) is 13.2. The maximum atomic E-state index is 6.02. The molecule has 0 spiro atoms. The average Bonchev–Trinajstić information content (AvgIpc) is 3.19. The number of aryl methyl sites for hydroxylation is 1. The predicted octanol–water partition coefficient (Wildman–Crippen LogP) is 3.97. The SMILES string of the molecule is COc1ccc2c(c1)nc(CCl)n2CCCC1CC1. The summed E-state index contributed by atoms with van der Waals surface area (Å²) < 4.78 is 7.50. The lowest BCUT2D eigenvalue weighted by molar-refractivity contribution is 0.415. The zero-order valence-electron chi connectivity index (χ0n) is 11.2. The van der Waals surface area contributed by atoms with E-state index in [1.807, 2.05) is 12.1 Å². The lowest BCUT2D eigenvalue weighted by Crippen LogP contribution is -2.02. The van der Waals surface area contributed by atoms with Gasteiger partial charge in [0.25, 0.3) is 0 Å². The Morgan fingerprint density at radius 3 is 2.95 bits per heavy atom. The normalized spacial score (nSPS) is 15.1. The van der Waals surface area contributed by atoms with Gasteiger partial charge in [-0.2, -0.15) is 0 Å². The topological polar surface area (TPSA) is 27.1 Å². The molecule has 1 heterocycles. The Hall–Kier alpha value is -1.22.